The van der Waals surface area contributed by atoms with E-state index in [1.165, 1.54) is 50.1 Å². The molecule has 100 valence electrons. The summed E-state index contributed by atoms with van der Waals surface area (Å²) in [5, 5.41) is 0. The number of hydrogen-bond donors (Lipinski definition) is 0. The highest BCUT2D eigenvalue weighted by Gasteiger charge is 2.45. The second-order valence-electron chi connectivity index (χ2n) is 5.76. The van der Waals surface area contributed by atoms with E-state index in [9.17, 15) is 0 Å². The molecule has 4 heteroatoms. The molecule has 1 aromatic rings. The third-order valence-corrected chi connectivity index (χ3v) is 5.42. The number of hydrogen-bond acceptors (Lipinski definition) is 4. The van der Waals surface area contributed by atoms with Crippen LogP contribution in [0.2, 0.25) is 0 Å². The van der Waals surface area contributed by atoms with Gasteiger partial charge in [0.05, 0.1) is 11.6 Å². The van der Waals surface area contributed by atoms with Gasteiger partial charge in [-0.05, 0) is 32.2 Å². The first-order valence-corrected chi connectivity index (χ1v) is 7.83. The quantitative estimate of drug-likeness (QED) is 0.841. The van der Waals surface area contributed by atoms with Gasteiger partial charge in [-0.25, -0.2) is 0 Å². The Morgan fingerprint density at radius 2 is 2.39 bits per heavy atom. The molecule has 1 saturated carbocycles. The fourth-order valence-corrected chi connectivity index (χ4v) is 4.51. The van der Waals surface area contributed by atoms with Crippen LogP contribution in [-0.2, 0) is 11.3 Å². The van der Waals surface area contributed by atoms with Crippen molar-refractivity contribution in [2.24, 2.45) is 5.41 Å². The molecule has 18 heavy (non-hydrogen) atoms. The lowest BCUT2D eigenvalue weighted by molar-refractivity contribution is -0.0364. The maximum atomic E-state index is 5.75. The molecule has 0 radical (unpaired) electrons. The van der Waals surface area contributed by atoms with E-state index in [0.29, 0.717) is 11.5 Å². The molecule has 0 unspecified atom stereocenters. The Kier molecular flexibility index (Phi) is 3.68. The lowest BCUT2D eigenvalue weighted by atomic mass is 9.76. The van der Waals surface area contributed by atoms with Crippen molar-refractivity contribution in [3.8, 4) is 0 Å². The number of piperidine rings is 1. The fraction of sp³-hybridized carbons (Fsp3) is 0.786. The highest BCUT2D eigenvalue weighted by molar-refractivity contribution is 7.09. The number of rotatable bonds is 3. The number of aromatic nitrogens is 1. The molecular formula is C14H22N2OS. The van der Waals surface area contributed by atoms with E-state index in [0.717, 1.165) is 6.54 Å². The highest BCUT2D eigenvalue weighted by Crippen LogP contribution is 2.46. The van der Waals surface area contributed by atoms with E-state index >= 15 is 0 Å². The van der Waals surface area contributed by atoms with Gasteiger partial charge in [-0.3, -0.25) is 9.88 Å². The standard InChI is InChI=1S/C14H22N2OS/c1-17-13-4-2-5-14(13)6-3-7-16(10-14)9-12-8-15-11-18-12/h8,11,13H,2-7,9-10H2,1H3/t13-,14+/m1/s1. The van der Waals surface area contributed by atoms with Gasteiger partial charge >= 0.3 is 0 Å². The number of ether oxygens (including phenoxy) is 1. The Morgan fingerprint density at radius 3 is 3.17 bits per heavy atom. The molecule has 1 aliphatic carbocycles. The molecule has 2 fully saturated rings. The van der Waals surface area contributed by atoms with Gasteiger partial charge in [-0.15, -0.1) is 11.3 Å². The molecule has 1 spiro atoms. The van der Waals surface area contributed by atoms with Crippen molar-refractivity contribution in [1.29, 1.82) is 0 Å². The molecule has 1 saturated heterocycles. The van der Waals surface area contributed by atoms with Crippen molar-refractivity contribution in [2.45, 2.75) is 44.8 Å². The fourth-order valence-electron chi connectivity index (χ4n) is 3.88. The van der Waals surface area contributed by atoms with Crippen molar-refractivity contribution in [3.05, 3.63) is 16.6 Å². The van der Waals surface area contributed by atoms with Crippen LogP contribution in [0.1, 0.15) is 37.0 Å². The third-order valence-electron chi connectivity index (χ3n) is 4.66. The zero-order valence-electron chi connectivity index (χ0n) is 11.1. The van der Waals surface area contributed by atoms with Crippen LogP contribution in [0.25, 0.3) is 0 Å². The van der Waals surface area contributed by atoms with Crippen LogP contribution in [0, 0.1) is 5.41 Å². The molecule has 2 atom stereocenters. The predicted octanol–water partition coefficient (Wildman–Crippen LogP) is 2.92. The summed E-state index contributed by atoms with van der Waals surface area (Å²) in [6.45, 7) is 3.52. The number of methoxy groups -OCH3 is 1. The van der Waals surface area contributed by atoms with Crippen molar-refractivity contribution in [1.82, 2.24) is 9.88 Å². The van der Waals surface area contributed by atoms with E-state index in [-0.39, 0.29) is 0 Å². The van der Waals surface area contributed by atoms with Gasteiger partial charge in [0.1, 0.15) is 0 Å². The van der Waals surface area contributed by atoms with Crippen LogP contribution in [0.4, 0.5) is 0 Å². The summed E-state index contributed by atoms with van der Waals surface area (Å²) in [6.07, 6.45) is 9.11. The minimum Gasteiger partial charge on any atom is -0.381 e. The predicted molar refractivity (Wildman–Crippen MR) is 73.7 cm³/mol. The van der Waals surface area contributed by atoms with Gasteiger partial charge < -0.3 is 4.74 Å². The van der Waals surface area contributed by atoms with Gasteiger partial charge in [0.15, 0.2) is 0 Å². The maximum absolute atomic E-state index is 5.75. The molecular weight excluding hydrogens is 244 g/mol. The van der Waals surface area contributed by atoms with E-state index in [2.05, 4.69) is 9.88 Å². The monoisotopic (exact) mass is 266 g/mol. The molecule has 3 rings (SSSR count). The van der Waals surface area contributed by atoms with Crippen molar-refractivity contribution in [2.75, 3.05) is 20.2 Å². The summed E-state index contributed by atoms with van der Waals surface area (Å²) in [7, 11) is 1.89. The summed E-state index contributed by atoms with van der Waals surface area (Å²) in [4.78, 5) is 8.17. The Balaban J connectivity index is 1.68. The Bertz CT molecular complexity index is 381. The molecule has 0 bridgehead atoms. The van der Waals surface area contributed by atoms with Gasteiger partial charge in [0.2, 0.25) is 0 Å². The Labute approximate surface area is 113 Å². The van der Waals surface area contributed by atoms with Crippen LogP contribution in [0.5, 0.6) is 0 Å². The number of nitrogens with zero attached hydrogens (tertiary/aromatic N) is 2. The largest absolute Gasteiger partial charge is 0.381 e. The second kappa shape index (κ2) is 5.27. The van der Waals surface area contributed by atoms with Gasteiger partial charge in [-0.2, -0.15) is 0 Å². The SMILES string of the molecule is CO[C@@H]1CCC[C@@]12CCCN(Cc1cncs1)C2. The smallest absolute Gasteiger partial charge is 0.0794 e. The topological polar surface area (TPSA) is 25.4 Å². The summed E-state index contributed by atoms with van der Waals surface area (Å²) in [6, 6.07) is 0. The molecule has 1 aromatic heterocycles. The zero-order chi connectivity index (χ0) is 12.4. The van der Waals surface area contributed by atoms with Crippen molar-refractivity contribution >= 4 is 11.3 Å². The van der Waals surface area contributed by atoms with Crippen molar-refractivity contribution < 1.29 is 4.74 Å². The number of likely N-dealkylation sites (tertiary alicyclic amines) is 1. The van der Waals surface area contributed by atoms with Gasteiger partial charge in [0.25, 0.3) is 0 Å². The number of thiazole rings is 1. The Morgan fingerprint density at radius 1 is 1.50 bits per heavy atom. The summed E-state index contributed by atoms with van der Waals surface area (Å²) in [5.41, 5.74) is 2.38. The second-order valence-corrected chi connectivity index (χ2v) is 6.73. The van der Waals surface area contributed by atoms with Crippen LogP contribution < -0.4 is 0 Å². The molecule has 2 aliphatic rings. The normalized spacial score (nSPS) is 33.3. The first-order valence-electron chi connectivity index (χ1n) is 6.95. The lowest BCUT2D eigenvalue weighted by Gasteiger charge is -2.43. The van der Waals surface area contributed by atoms with Crippen LogP contribution in [-0.4, -0.2) is 36.2 Å². The van der Waals surface area contributed by atoms with Crippen LogP contribution in [0.15, 0.2) is 11.7 Å². The maximum Gasteiger partial charge on any atom is 0.0794 e. The molecule has 0 N–H and O–H groups in total. The molecule has 0 amide bonds. The minimum atomic E-state index is 0.442. The average molecular weight is 266 g/mol. The summed E-state index contributed by atoms with van der Waals surface area (Å²) in [5.74, 6) is 0. The molecule has 2 heterocycles. The third kappa shape index (κ3) is 2.33. The van der Waals surface area contributed by atoms with Crippen LogP contribution in [0.3, 0.4) is 0 Å². The average Bonchev–Trinajstić information content (AvgIpc) is 3.00. The van der Waals surface area contributed by atoms with Crippen LogP contribution >= 0.6 is 11.3 Å². The van der Waals surface area contributed by atoms with Gasteiger partial charge in [-0.1, -0.05) is 6.42 Å². The summed E-state index contributed by atoms with van der Waals surface area (Å²) >= 11 is 1.77. The zero-order valence-corrected chi connectivity index (χ0v) is 11.9. The van der Waals surface area contributed by atoms with Gasteiger partial charge in [0, 0.05) is 36.7 Å². The van der Waals surface area contributed by atoms with Crippen molar-refractivity contribution in [3.63, 3.8) is 0 Å². The van der Waals surface area contributed by atoms with E-state index in [1.807, 2.05) is 18.8 Å². The highest BCUT2D eigenvalue weighted by atomic mass is 32.1. The molecule has 1 aliphatic heterocycles. The summed E-state index contributed by atoms with van der Waals surface area (Å²) < 4.78 is 5.75. The first kappa shape index (κ1) is 12.6. The van der Waals surface area contributed by atoms with E-state index < -0.39 is 0 Å². The minimum absolute atomic E-state index is 0.442. The Hall–Kier alpha value is -0.450. The molecule has 0 aromatic carbocycles. The van der Waals surface area contributed by atoms with E-state index in [4.69, 9.17) is 4.74 Å². The molecule has 3 nitrogen and oxygen atoms in total. The lowest BCUT2D eigenvalue weighted by Crippen LogP contribution is -2.47. The first-order chi connectivity index (χ1) is 8.82. The van der Waals surface area contributed by atoms with E-state index in [1.54, 1.807) is 11.3 Å².